The Balaban J connectivity index is 1.85. The van der Waals surface area contributed by atoms with E-state index < -0.39 is 0 Å². The van der Waals surface area contributed by atoms with E-state index in [2.05, 4.69) is 29.9 Å². The van der Waals surface area contributed by atoms with E-state index in [1.807, 2.05) is 30.0 Å². The minimum Gasteiger partial charge on any atom is -0.373 e. The van der Waals surface area contributed by atoms with Gasteiger partial charge in [-0.15, -0.1) is 0 Å². The fourth-order valence-electron chi connectivity index (χ4n) is 2.17. The number of hydrogen-bond acceptors (Lipinski definition) is 3. The number of rotatable bonds is 5. The second-order valence-corrected chi connectivity index (χ2v) is 5.73. The van der Waals surface area contributed by atoms with E-state index in [9.17, 15) is 4.79 Å². The molecule has 0 saturated heterocycles. The summed E-state index contributed by atoms with van der Waals surface area (Å²) in [5.41, 5.74) is 2.32. The molecular formula is C14H20N2OS. The normalized spacial score (nSPS) is 18.9. The molecule has 0 aromatic heterocycles. The average molecular weight is 264 g/mol. The van der Waals surface area contributed by atoms with Crippen LogP contribution in [0.15, 0.2) is 24.3 Å². The highest BCUT2D eigenvalue weighted by Crippen LogP contribution is 2.25. The molecule has 1 aromatic carbocycles. The summed E-state index contributed by atoms with van der Waals surface area (Å²) >= 11 is 1.81. The highest BCUT2D eigenvalue weighted by molar-refractivity contribution is 7.98. The SMILES string of the molecule is CSCCC(C)NC(=O)C1Cc2ccccc2N1. The van der Waals surface area contributed by atoms with Crippen LogP contribution in [0, 0.1) is 0 Å². The number of para-hydroxylation sites is 1. The molecule has 3 nitrogen and oxygen atoms in total. The quantitative estimate of drug-likeness (QED) is 0.857. The van der Waals surface area contributed by atoms with Crippen LogP contribution in [-0.2, 0) is 11.2 Å². The molecule has 0 fully saturated rings. The van der Waals surface area contributed by atoms with Crippen molar-refractivity contribution in [3.05, 3.63) is 29.8 Å². The van der Waals surface area contributed by atoms with Crippen LogP contribution in [0.2, 0.25) is 0 Å². The van der Waals surface area contributed by atoms with Crippen molar-refractivity contribution >= 4 is 23.4 Å². The summed E-state index contributed by atoms with van der Waals surface area (Å²) in [6.45, 7) is 2.07. The maximum Gasteiger partial charge on any atom is 0.243 e. The highest BCUT2D eigenvalue weighted by atomic mass is 32.2. The zero-order chi connectivity index (χ0) is 13.0. The Kier molecular flexibility index (Phi) is 4.53. The van der Waals surface area contributed by atoms with Crippen molar-refractivity contribution in [1.82, 2.24) is 5.32 Å². The van der Waals surface area contributed by atoms with Gasteiger partial charge in [-0.2, -0.15) is 11.8 Å². The molecule has 1 aliphatic rings. The summed E-state index contributed by atoms with van der Waals surface area (Å²) in [6.07, 6.45) is 3.90. The van der Waals surface area contributed by atoms with Crippen LogP contribution in [0.3, 0.4) is 0 Å². The van der Waals surface area contributed by atoms with Gasteiger partial charge in [-0.05, 0) is 37.0 Å². The number of anilines is 1. The van der Waals surface area contributed by atoms with Gasteiger partial charge in [-0.1, -0.05) is 18.2 Å². The predicted octanol–water partition coefficient (Wildman–Crippen LogP) is 2.28. The Morgan fingerprint density at radius 1 is 1.56 bits per heavy atom. The smallest absolute Gasteiger partial charge is 0.243 e. The molecule has 2 N–H and O–H groups in total. The third kappa shape index (κ3) is 3.19. The lowest BCUT2D eigenvalue weighted by molar-refractivity contribution is -0.122. The summed E-state index contributed by atoms with van der Waals surface area (Å²) in [5, 5.41) is 6.36. The van der Waals surface area contributed by atoms with Gasteiger partial charge in [0.1, 0.15) is 6.04 Å². The minimum atomic E-state index is -0.112. The van der Waals surface area contributed by atoms with Gasteiger partial charge < -0.3 is 10.6 Å². The van der Waals surface area contributed by atoms with Crippen molar-refractivity contribution < 1.29 is 4.79 Å². The van der Waals surface area contributed by atoms with Gasteiger partial charge in [0.05, 0.1) is 0 Å². The van der Waals surface area contributed by atoms with E-state index in [1.54, 1.807) is 0 Å². The van der Waals surface area contributed by atoms with E-state index in [-0.39, 0.29) is 18.0 Å². The van der Waals surface area contributed by atoms with Crippen LogP contribution in [0.1, 0.15) is 18.9 Å². The average Bonchev–Trinajstić information content (AvgIpc) is 2.80. The van der Waals surface area contributed by atoms with Crippen molar-refractivity contribution in [2.24, 2.45) is 0 Å². The number of hydrogen-bond donors (Lipinski definition) is 2. The molecule has 1 amide bonds. The summed E-state index contributed by atoms with van der Waals surface area (Å²) in [4.78, 5) is 12.1. The standard InChI is InChI=1S/C14H20N2OS/c1-10(7-8-18-2)15-14(17)13-9-11-5-3-4-6-12(11)16-13/h3-6,10,13,16H,7-9H2,1-2H3,(H,15,17). The molecule has 18 heavy (non-hydrogen) atoms. The van der Waals surface area contributed by atoms with Gasteiger partial charge in [-0.25, -0.2) is 0 Å². The van der Waals surface area contributed by atoms with Crippen molar-refractivity contribution in [3.63, 3.8) is 0 Å². The molecule has 0 aliphatic carbocycles. The summed E-state index contributed by atoms with van der Waals surface area (Å²) < 4.78 is 0. The van der Waals surface area contributed by atoms with Gasteiger partial charge in [0.2, 0.25) is 5.91 Å². The number of thioether (sulfide) groups is 1. The molecule has 0 bridgehead atoms. The number of carbonyl (C=O) groups is 1. The van der Waals surface area contributed by atoms with Gasteiger partial charge >= 0.3 is 0 Å². The van der Waals surface area contributed by atoms with Crippen LogP contribution in [-0.4, -0.2) is 30.0 Å². The van der Waals surface area contributed by atoms with Crippen molar-refractivity contribution in [3.8, 4) is 0 Å². The zero-order valence-corrected chi connectivity index (χ0v) is 11.7. The highest BCUT2D eigenvalue weighted by Gasteiger charge is 2.26. The van der Waals surface area contributed by atoms with E-state index >= 15 is 0 Å². The molecule has 0 radical (unpaired) electrons. The number of fused-ring (bicyclic) bond motifs is 1. The third-order valence-corrected chi connectivity index (χ3v) is 3.88. The maximum absolute atomic E-state index is 12.1. The Bertz CT molecular complexity index is 397. The summed E-state index contributed by atoms with van der Waals surface area (Å²) in [6, 6.07) is 8.25. The van der Waals surface area contributed by atoms with Crippen LogP contribution in [0.4, 0.5) is 5.69 Å². The van der Waals surface area contributed by atoms with Crippen LogP contribution < -0.4 is 10.6 Å². The van der Waals surface area contributed by atoms with Crippen LogP contribution in [0.25, 0.3) is 0 Å². The molecular weight excluding hydrogens is 244 g/mol. The molecule has 0 spiro atoms. The number of amides is 1. The third-order valence-electron chi connectivity index (χ3n) is 3.23. The lowest BCUT2D eigenvalue weighted by Crippen LogP contribution is -2.43. The first-order valence-electron chi connectivity index (χ1n) is 6.34. The first kappa shape index (κ1) is 13.3. The molecule has 1 aliphatic heterocycles. The molecule has 2 unspecified atom stereocenters. The van der Waals surface area contributed by atoms with E-state index in [4.69, 9.17) is 0 Å². The second-order valence-electron chi connectivity index (χ2n) is 4.75. The molecule has 4 heteroatoms. The number of carbonyl (C=O) groups excluding carboxylic acids is 1. The molecule has 0 saturated carbocycles. The Labute approximate surface area is 113 Å². The summed E-state index contributed by atoms with van der Waals surface area (Å²) in [7, 11) is 0. The van der Waals surface area contributed by atoms with E-state index in [1.165, 1.54) is 5.56 Å². The Morgan fingerprint density at radius 2 is 2.33 bits per heavy atom. The van der Waals surface area contributed by atoms with Gasteiger partial charge in [0, 0.05) is 18.2 Å². The van der Waals surface area contributed by atoms with Crippen molar-refractivity contribution in [2.45, 2.75) is 31.8 Å². The van der Waals surface area contributed by atoms with Gasteiger partial charge in [-0.3, -0.25) is 4.79 Å². The first-order valence-corrected chi connectivity index (χ1v) is 7.74. The summed E-state index contributed by atoms with van der Waals surface area (Å²) in [5.74, 6) is 1.19. The van der Waals surface area contributed by atoms with Crippen molar-refractivity contribution in [1.29, 1.82) is 0 Å². The molecule has 1 heterocycles. The molecule has 2 rings (SSSR count). The molecule has 1 aromatic rings. The minimum absolute atomic E-state index is 0.111. The first-order chi connectivity index (χ1) is 8.70. The zero-order valence-electron chi connectivity index (χ0n) is 10.9. The van der Waals surface area contributed by atoms with Crippen molar-refractivity contribution in [2.75, 3.05) is 17.3 Å². The van der Waals surface area contributed by atoms with Gasteiger partial charge in [0.15, 0.2) is 0 Å². The fourth-order valence-corrected chi connectivity index (χ4v) is 2.76. The lowest BCUT2D eigenvalue weighted by atomic mass is 10.1. The number of benzene rings is 1. The van der Waals surface area contributed by atoms with Crippen LogP contribution >= 0.6 is 11.8 Å². The van der Waals surface area contributed by atoms with Gasteiger partial charge in [0.25, 0.3) is 0 Å². The molecule has 98 valence electrons. The molecule has 2 atom stereocenters. The monoisotopic (exact) mass is 264 g/mol. The second kappa shape index (κ2) is 6.14. The largest absolute Gasteiger partial charge is 0.373 e. The topological polar surface area (TPSA) is 41.1 Å². The van der Waals surface area contributed by atoms with Crippen LogP contribution in [0.5, 0.6) is 0 Å². The van der Waals surface area contributed by atoms with E-state index in [0.29, 0.717) is 0 Å². The predicted molar refractivity (Wildman–Crippen MR) is 78.2 cm³/mol. The Morgan fingerprint density at radius 3 is 3.06 bits per heavy atom. The lowest BCUT2D eigenvalue weighted by Gasteiger charge is -2.17. The Hall–Kier alpha value is -1.16. The fraction of sp³-hybridized carbons (Fsp3) is 0.500. The maximum atomic E-state index is 12.1. The number of nitrogens with one attached hydrogen (secondary N) is 2. The van der Waals surface area contributed by atoms with E-state index in [0.717, 1.165) is 24.3 Å².